The Kier molecular flexibility index (Phi) is 5.97. The molecule has 2 aromatic carbocycles. The highest BCUT2D eigenvalue weighted by Crippen LogP contribution is 2.36. The van der Waals surface area contributed by atoms with Crippen molar-refractivity contribution >= 4 is 43.5 Å². The molecule has 5 heteroatoms. The molecule has 0 radical (unpaired) electrons. The van der Waals surface area contributed by atoms with Gasteiger partial charge >= 0.3 is 0 Å². The molecule has 21 heavy (non-hydrogen) atoms. The van der Waals surface area contributed by atoms with Crippen LogP contribution in [0, 0.1) is 0 Å². The van der Waals surface area contributed by atoms with Crippen molar-refractivity contribution in [1.82, 2.24) is 0 Å². The quantitative estimate of drug-likeness (QED) is 0.554. The first-order valence-electron chi connectivity index (χ1n) is 6.35. The lowest BCUT2D eigenvalue weighted by molar-refractivity contribution is 0.354. The van der Waals surface area contributed by atoms with Crippen LogP contribution in [0.1, 0.15) is 16.0 Å². The van der Waals surface area contributed by atoms with Crippen LogP contribution in [0.25, 0.3) is 0 Å². The van der Waals surface area contributed by atoms with Crippen molar-refractivity contribution in [2.24, 2.45) is 0 Å². The molecule has 0 spiro atoms. The van der Waals surface area contributed by atoms with Gasteiger partial charge in [0.2, 0.25) is 0 Å². The van der Waals surface area contributed by atoms with E-state index in [-0.39, 0.29) is 4.83 Å². The van der Waals surface area contributed by atoms with Crippen LogP contribution in [0.3, 0.4) is 0 Å². The molecule has 2 aromatic rings. The first-order chi connectivity index (χ1) is 10.0. The molecule has 0 bridgehead atoms. The molecule has 2 nitrogen and oxygen atoms in total. The maximum absolute atomic E-state index is 5.98. The topological polar surface area (TPSA) is 18.5 Å². The average molecular weight is 435 g/mol. The second-order valence-corrected chi connectivity index (χ2v) is 6.92. The maximum atomic E-state index is 5.98. The number of benzene rings is 2. The lowest BCUT2D eigenvalue weighted by Crippen LogP contribution is -1.98. The van der Waals surface area contributed by atoms with Crippen LogP contribution in [0.15, 0.2) is 40.9 Å². The van der Waals surface area contributed by atoms with Gasteiger partial charge in [0, 0.05) is 14.3 Å². The first kappa shape index (κ1) is 16.7. The van der Waals surface area contributed by atoms with Gasteiger partial charge in [-0.15, -0.1) is 0 Å². The maximum Gasteiger partial charge on any atom is 0.160 e. The summed E-state index contributed by atoms with van der Waals surface area (Å²) < 4.78 is 11.6. The van der Waals surface area contributed by atoms with E-state index in [9.17, 15) is 0 Å². The molecule has 0 aliphatic rings. The van der Waals surface area contributed by atoms with Gasteiger partial charge in [-0.2, -0.15) is 0 Å². The lowest BCUT2D eigenvalue weighted by atomic mass is 10.0. The number of ether oxygens (including phenoxy) is 2. The predicted octanol–water partition coefficient (Wildman–Crippen LogP) is 5.80. The van der Waals surface area contributed by atoms with E-state index in [4.69, 9.17) is 21.1 Å². The molecule has 0 saturated heterocycles. The van der Waals surface area contributed by atoms with E-state index in [0.717, 1.165) is 38.5 Å². The Balaban J connectivity index is 2.21. The third-order valence-electron chi connectivity index (χ3n) is 3.16. The van der Waals surface area contributed by atoms with Crippen LogP contribution in [0.4, 0.5) is 0 Å². The third-order valence-corrected chi connectivity index (χ3v) is 4.90. The van der Waals surface area contributed by atoms with Gasteiger partial charge < -0.3 is 9.47 Å². The molecule has 2 rings (SSSR count). The lowest BCUT2D eigenvalue weighted by Gasteiger charge is -2.14. The Labute approximate surface area is 146 Å². The van der Waals surface area contributed by atoms with E-state index < -0.39 is 0 Å². The fourth-order valence-electron chi connectivity index (χ4n) is 2.08. The molecule has 0 saturated carbocycles. The van der Waals surface area contributed by atoms with Gasteiger partial charge in [-0.1, -0.05) is 55.6 Å². The summed E-state index contributed by atoms with van der Waals surface area (Å²) in [5.74, 6) is 1.48. The molecular formula is C16H15Br2ClO2. The highest BCUT2D eigenvalue weighted by molar-refractivity contribution is 9.11. The molecule has 0 aromatic heterocycles. The Hall–Kier alpha value is -0.710. The standard InChI is InChI=1S/C16H15Br2ClO2/c1-20-15-6-3-10(8-16(15)21-2)7-13(17)12-5-4-11(19)9-14(12)18/h3-6,8-9,13H,7H2,1-2H3. The SMILES string of the molecule is COc1ccc(CC(Br)c2ccc(Cl)cc2Br)cc1OC. The van der Waals surface area contributed by atoms with Crippen LogP contribution >= 0.6 is 43.5 Å². The summed E-state index contributed by atoms with van der Waals surface area (Å²) >= 11 is 13.3. The van der Waals surface area contributed by atoms with E-state index in [2.05, 4.69) is 31.9 Å². The Bertz CT molecular complexity index is 632. The van der Waals surface area contributed by atoms with Crippen LogP contribution in [-0.2, 0) is 6.42 Å². The number of halogens is 3. The third kappa shape index (κ3) is 4.15. The van der Waals surface area contributed by atoms with Crippen molar-refractivity contribution in [3.8, 4) is 11.5 Å². The van der Waals surface area contributed by atoms with Crippen molar-refractivity contribution in [3.63, 3.8) is 0 Å². The smallest absolute Gasteiger partial charge is 0.160 e. The molecule has 112 valence electrons. The summed E-state index contributed by atoms with van der Waals surface area (Å²) in [6.45, 7) is 0. The highest BCUT2D eigenvalue weighted by Gasteiger charge is 2.14. The van der Waals surface area contributed by atoms with Crippen molar-refractivity contribution in [2.75, 3.05) is 14.2 Å². The van der Waals surface area contributed by atoms with Gasteiger partial charge in [0.15, 0.2) is 11.5 Å². The van der Waals surface area contributed by atoms with Gasteiger partial charge in [0.25, 0.3) is 0 Å². The molecule has 0 fully saturated rings. The highest BCUT2D eigenvalue weighted by atomic mass is 79.9. The molecule has 0 N–H and O–H groups in total. The zero-order valence-electron chi connectivity index (χ0n) is 11.7. The summed E-state index contributed by atoms with van der Waals surface area (Å²) in [5, 5.41) is 0.719. The van der Waals surface area contributed by atoms with Crippen molar-refractivity contribution in [2.45, 2.75) is 11.2 Å². The van der Waals surface area contributed by atoms with Crippen molar-refractivity contribution in [3.05, 3.63) is 57.0 Å². The minimum atomic E-state index is 0.183. The minimum absolute atomic E-state index is 0.183. The van der Waals surface area contributed by atoms with Gasteiger partial charge in [0.05, 0.1) is 14.2 Å². The number of hydrogen-bond donors (Lipinski definition) is 0. The van der Waals surface area contributed by atoms with E-state index >= 15 is 0 Å². The van der Waals surface area contributed by atoms with Crippen LogP contribution < -0.4 is 9.47 Å². The minimum Gasteiger partial charge on any atom is -0.493 e. The van der Waals surface area contributed by atoms with E-state index in [1.807, 2.05) is 36.4 Å². The fourth-order valence-corrected chi connectivity index (χ4v) is 4.12. The molecule has 1 unspecified atom stereocenters. The van der Waals surface area contributed by atoms with Crippen LogP contribution in [-0.4, -0.2) is 14.2 Å². The number of alkyl halides is 1. The largest absolute Gasteiger partial charge is 0.493 e. The molecular weight excluding hydrogens is 419 g/mol. The predicted molar refractivity (Wildman–Crippen MR) is 94.1 cm³/mol. The normalized spacial score (nSPS) is 12.0. The summed E-state index contributed by atoms with van der Waals surface area (Å²) in [6.07, 6.45) is 0.834. The Morgan fingerprint density at radius 2 is 1.76 bits per heavy atom. The van der Waals surface area contributed by atoms with Crippen LogP contribution in [0.2, 0.25) is 5.02 Å². The number of hydrogen-bond acceptors (Lipinski definition) is 2. The van der Waals surface area contributed by atoms with E-state index in [1.165, 1.54) is 0 Å². The summed E-state index contributed by atoms with van der Waals surface area (Å²) in [4.78, 5) is 0.183. The van der Waals surface area contributed by atoms with Crippen molar-refractivity contribution in [1.29, 1.82) is 0 Å². The summed E-state index contributed by atoms with van der Waals surface area (Å²) in [7, 11) is 3.28. The second kappa shape index (κ2) is 7.52. The summed E-state index contributed by atoms with van der Waals surface area (Å²) in [5.41, 5.74) is 2.32. The number of rotatable bonds is 5. The van der Waals surface area contributed by atoms with Gasteiger partial charge in [-0.3, -0.25) is 0 Å². The van der Waals surface area contributed by atoms with Crippen LogP contribution in [0.5, 0.6) is 11.5 Å². The van der Waals surface area contributed by atoms with E-state index in [0.29, 0.717) is 0 Å². The fraction of sp³-hybridized carbons (Fsp3) is 0.250. The van der Waals surface area contributed by atoms with Gasteiger partial charge in [-0.25, -0.2) is 0 Å². The van der Waals surface area contributed by atoms with E-state index in [1.54, 1.807) is 14.2 Å². The molecule has 0 amide bonds. The number of methoxy groups -OCH3 is 2. The van der Waals surface area contributed by atoms with Gasteiger partial charge in [0.1, 0.15) is 0 Å². The Morgan fingerprint density at radius 1 is 1.05 bits per heavy atom. The first-order valence-corrected chi connectivity index (χ1v) is 8.43. The van der Waals surface area contributed by atoms with Gasteiger partial charge in [-0.05, 0) is 41.8 Å². The second-order valence-electron chi connectivity index (χ2n) is 4.53. The summed E-state index contributed by atoms with van der Waals surface area (Å²) in [6, 6.07) is 11.8. The molecule has 0 heterocycles. The zero-order valence-corrected chi connectivity index (χ0v) is 15.6. The van der Waals surface area contributed by atoms with Crippen molar-refractivity contribution < 1.29 is 9.47 Å². The zero-order chi connectivity index (χ0) is 15.4. The molecule has 1 atom stereocenters. The molecule has 0 aliphatic heterocycles. The average Bonchev–Trinajstić information content (AvgIpc) is 2.46. The Morgan fingerprint density at radius 3 is 2.38 bits per heavy atom. The monoisotopic (exact) mass is 432 g/mol. The molecule has 0 aliphatic carbocycles.